The van der Waals surface area contributed by atoms with Crippen molar-refractivity contribution in [3.63, 3.8) is 0 Å². The van der Waals surface area contributed by atoms with Crippen molar-refractivity contribution in [1.82, 2.24) is 0 Å². The quantitative estimate of drug-likeness (QED) is 0.506. The van der Waals surface area contributed by atoms with Gasteiger partial charge in [0.15, 0.2) is 17.3 Å². The van der Waals surface area contributed by atoms with Crippen molar-refractivity contribution in [3.05, 3.63) is 57.1 Å². The number of carbonyl (C=O) groups excluding carboxylic acids is 1. The van der Waals surface area contributed by atoms with Crippen LogP contribution in [-0.2, 0) is 0 Å². The van der Waals surface area contributed by atoms with E-state index in [0.29, 0.717) is 36.0 Å². The fourth-order valence-corrected chi connectivity index (χ4v) is 2.52. The topological polar surface area (TPSA) is 90.7 Å². The summed E-state index contributed by atoms with van der Waals surface area (Å²) >= 11 is 5.84. The van der Waals surface area contributed by atoms with Crippen molar-refractivity contribution in [2.24, 2.45) is 0 Å². The molecule has 0 atom stereocenters. The lowest BCUT2D eigenvalue weighted by Crippen LogP contribution is -2.17. The molecule has 0 saturated carbocycles. The first-order valence-corrected chi connectivity index (χ1v) is 7.53. The van der Waals surface area contributed by atoms with Crippen molar-refractivity contribution < 1.29 is 19.2 Å². The number of anilines is 1. The van der Waals surface area contributed by atoms with Crippen molar-refractivity contribution in [1.29, 1.82) is 0 Å². The van der Waals surface area contributed by atoms with E-state index in [4.69, 9.17) is 21.1 Å². The summed E-state index contributed by atoms with van der Waals surface area (Å²) in [5.74, 6) is 1.01. The van der Waals surface area contributed by atoms with Crippen LogP contribution in [0.5, 0.6) is 11.5 Å². The van der Waals surface area contributed by atoms with Crippen molar-refractivity contribution in [3.8, 4) is 11.5 Å². The molecule has 1 heterocycles. The number of hydrogen-bond acceptors (Lipinski definition) is 6. The Morgan fingerprint density at radius 3 is 2.62 bits per heavy atom. The molecule has 24 heavy (non-hydrogen) atoms. The minimum absolute atomic E-state index is 0.0109. The molecule has 0 amide bonds. The first kappa shape index (κ1) is 16.1. The molecular weight excluding hydrogens is 336 g/mol. The van der Waals surface area contributed by atoms with E-state index >= 15 is 0 Å². The number of ketones is 1. The van der Waals surface area contributed by atoms with E-state index < -0.39 is 4.92 Å². The molecule has 2 aromatic carbocycles. The Morgan fingerprint density at radius 2 is 1.92 bits per heavy atom. The van der Waals surface area contributed by atoms with Gasteiger partial charge < -0.3 is 14.8 Å². The molecule has 124 valence electrons. The normalized spacial score (nSPS) is 12.5. The van der Waals surface area contributed by atoms with E-state index in [1.54, 1.807) is 18.2 Å². The zero-order valence-electron chi connectivity index (χ0n) is 12.5. The zero-order valence-corrected chi connectivity index (χ0v) is 13.2. The molecule has 2 aromatic rings. The Hall–Kier alpha value is -2.80. The monoisotopic (exact) mass is 348 g/mol. The lowest BCUT2D eigenvalue weighted by atomic mass is 10.1. The van der Waals surface area contributed by atoms with Crippen molar-refractivity contribution in [2.45, 2.75) is 0 Å². The number of halogens is 1. The molecule has 0 bridgehead atoms. The highest BCUT2D eigenvalue weighted by Gasteiger charge is 2.16. The fourth-order valence-electron chi connectivity index (χ4n) is 2.27. The Balaban J connectivity index is 1.67. The van der Waals surface area contributed by atoms with Crippen LogP contribution in [0.4, 0.5) is 11.4 Å². The summed E-state index contributed by atoms with van der Waals surface area (Å²) in [5.41, 5.74) is 0.830. The third kappa shape index (κ3) is 3.41. The Morgan fingerprint density at radius 1 is 1.17 bits per heavy atom. The summed E-state index contributed by atoms with van der Waals surface area (Å²) < 4.78 is 10.9. The maximum absolute atomic E-state index is 12.3. The molecule has 3 rings (SSSR count). The third-order valence-electron chi connectivity index (χ3n) is 3.46. The second-order valence-electron chi connectivity index (χ2n) is 5.06. The molecule has 0 aromatic heterocycles. The highest BCUT2D eigenvalue weighted by molar-refractivity contribution is 6.32. The van der Waals surface area contributed by atoms with Crippen LogP contribution in [0.2, 0.25) is 5.02 Å². The lowest BCUT2D eigenvalue weighted by molar-refractivity contribution is -0.384. The number of benzene rings is 2. The predicted octanol–water partition coefficient (Wildman–Crippen LogP) is 3.31. The molecule has 1 aliphatic rings. The second-order valence-corrected chi connectivity index (χ2v) is 5.47. The highest BCUT2D eigenvalue weighted by atomic mass is 35.5. The first-order valence-electron chi connectivity index (χ1n) is 7.15. The third-order valence-corrected chi connectivity index (χ3v) is 3.76. The summed E-state index contributed by atoms with van der Waals surface area (Å²) in [4.78, 5) is 22.4. The van der Waals surface area contributed by atoms with Crippen LogP contribution >= 0.6 is 11.6 Å². The summed E-state index contributed by atoms with van der Waals surface area (Å²) in [6.07, 6.45) is 0. The van der Waals surface area contributed by atoms with Gasteiger partial charge in [0.25, 0.3) is 5.69 Å². The van der Waals surface area contributed by atoms with Crippen LogP contribution in [0.1, 0.15) is 10.4 Å². The van der Waals surface area contributed by atoms with Crippen LogP contribution in [0.3, 0.4) is 0 Å². The van der Waals surface area contributed by atoms with Crippen LogP contribution < -0.4 is 14.8 Å². The SMILES string of the molecule is O=C(CNc1ccc([N+](=O)[O-])c(Cl)c1)c1ccc2c(c1)OCCO2. The van der Waals surface area contributed by atoms with Gasteiger partial charge in [-0.05, 0) is 30.3 Å². The number of nitro benzene ring substituents is 1. The van der Waals surface area contributed by atoms with E-state index in [1.165, 1.54) is 18.2 Å². The zero-order chi connectivity index (χ0) is 17.1. The number of nitrogens with zero attached hydrogens (tertiary/aromatic N) is 1. The second kappa shape index (κ2) is 6.76. The Labute approximate surface area is 142 Å². The molecule has 0 fully saturated rings. The molecular formula is C16H13ClN2O5. The number of rotatable bonds is 5. The average molecular weight is 349 g/mol. The molecule has 7 nitrogen and oxygen atoms in total. The minimum Gasteiger partial charge on any atom is -0.486 e. The number of hydrogen-bond donors (Lipinski definition) is 1. The van der Waals surface area contributed by atoms with Crippen LogP contribution in [0.15, 0.2) is 36.4 Å². The van der Waals surface area contributed by atoms with Gasteiger partial charge in [0.1, 0.15) is 18.2 Å². The van der Waals surface area contributed by atoms with Crippen LogP contribution in [-0.4, -0.2) is 30.5 Å². The van der Waals surface area contributed by atoms with Gasteiger partial charge in [-0.15, -0.1) is 0 Å². The minimum atomic E-state index is -0.563. The van der Waals surface area contributed by atoms with Gasteiger partial charge in [-0.2, -0.15) is 0 Å². The van der Waals surface area contributed by atoms with E-state index in [2.05, 4.69) is 5.32 Å². The number of Topliss-reactive ketones (excluding diaryl/α,β-unsaturated/α-hetero) is 1. The summed E-state index contributed by atoms with van der Waals surface area (Å²) in [6, 6.07) is 9.21. The smallest absolute Gasteiger partial charge is 0.288 e. The molecule has 1 aliphatic heterocycles. The Kier molecular flexibility index (Phi) is 4.52. The van der Waals surface area contributed by atoms with E-state index in [-0.39, 0.29) is 23.0 Å². The number of ether oxygens (including phenoxy) is 2. The fraction of sp³-hybridized carbons (Fsp3) is 0.188. The summed E-state index contributed by atoms with van der Waals surface area (Å²) in [7, 11) is 0. The summed E-state index contributed by atoms with van der Waals surface area (Å²) in [6.45, 7) is 0.959. The number of nitro groups is 1. The van der Waals surface area contributed by atoms with Gasteiger partial charge in [-0.25, -0.2) is 0 Å². The lowest BCUT2D eigenvalue weighted by Gasteiger charge is -2.18. The Bertz CT molecular complexity index is 809. The predicted molar refractivity (Wildman–Crippen MR) is 88.4 cm³/mol. The standard InChI is InChI=1S/C16H13ClN2O5/c17-12-8-11(2-3-13(12)19(21)22)18-9-14(20)10-1-4-15-16(7-10)24-6-5-23-15/h1-4,7-8,18H,5-6,9H2. The molecule has 1 N–H and O–H groups in total. The maximum Gasteiger partial charge on any atom is 0.288 e. The van der Waals surface area contributed by atoms with Gasteiger partial charge in [-0.1, -0.05) is 11.6 Å². The first-order chi connectivity index (χ1) is 11.5. The van der Waals surface area contributed by atoms with Gasteiger partial charge in [0.05, 0.1) is 11.5 Å². The maximum atomic E-state index is 12.3. The van der Waals surface area contributed by atoms with E-state index in [9.17, 15) is 14.9 Å². The number of fused-ring (bicyclic) bond motifs is 1. The highest BCUT2D eigenvalue weighted by Crippen LogP contribution is 2.31. The van der Waals surface area contributed by atoms with Crippen molar-refractivity contribution in [2.75, 3.05) is 25.1 Å². The molecule has 0 unspecified atom stereocenters. The van der Waals surface area contributed by atoms with Gasteiger partial charge in [0.2, 0.25) is 0 Å². The molecule has 0 saturated heterocycles. The van der Waals surface area contributed by atoms with Gasteiger partial charge in [-0.3, -0.25) is 14.9 Å². The number of nitrogens with one attached hydrogen (secondary N) is 1. The molecule has 0 spiro atoms. The number of carbonyl (C=O) groups is 1. The largest absolute Gasteiger partial charge is 0.486 e. The average Bonchev–Trinajstić information content (AvgIpc) is 2.59. The van der Waals surface area contributed by atoms with Crippen LogP contribution in [0, 0.1) is 10.1 Å². The van der Waals surface area contributed by atoms with Gasteiger partial charge in [0, 0.05) is 17.3 Å². The van der Waals surface area contributed by atoms with Crippen molar-refractivity contribution >= 4 is 28.8 Å². The van der Waals surface area contributed by atoms with E-state index in [0.717, 1.165) is 0 Å². The van der Waals surface area contributed by atoms with Gasteiger partial charge >= 0.3 is 0 Å². The summed E-state index contributed by atoms with van der Waals surface area (Å²) in [5, 5.41) is 13.6. The van der Waals surface area contributed by atoms with Crippen LogP contribution in [0.25, 0.3) is 0 Å². The molecule has 0 radical (unpaired) electrons. The molecule has 0 aliphatic carbocycles. The molecule has 8 heteroatoms. The van der Waals surface area contributed by atoms with E-state index in [1.807, 2.05) is 0 Å².